The van der Waals surface area contributed by atoms with Gasteiger partial charge in [0.05, 0.1) is 4.90 Å². The monoisotopic (exact) mass is 473 g/mol. The van der Waals surface area contributed by atoms with Crippen LogP contribution in [0.1, 0.15) is 29.7 Å². The molecule has 1 unspecified atom stereocenters. The molecule has 0 radical (unpaired) electrons. The zero-order valence-electron chi connectivity index (χ0n) is 17.3. The van der Waals surface area contributed by atoms with Gasteiger partial charge in [0, 0.05) is 17.1 Å². The average molecular weight is 474 g/mol. The van der Waals surface area contributed by atoms with Crippen LogP contribution in [0.25, 0.3) is 11.1 Å². The van der Waals surface area contributed by atoms with Gasteiger partial charge in [0.15, 0.2) is 6.04 Å². The Labute approximate surface area is 191 Å². The van der Waals surface area contributed by atoms with Crippen molar-refractivity contribution < 1.29 is 22.7 Å². The van der Waals surface area contributed by atoms with Gasteiger partial charge < -0.3 is 5.11 Å². The topological polar surface area (TPSA) is 74.7 Å². The van der Waals surface area contributed by atoms with Crippen molar-refractivity contribution in [3.8, 4) is 11.1 Å². The lowest BCUT2D eigenvalue weighted by molar-refractivity contribution is -0.142. The number of benzene rings is 3. The number of fused-ring (bicyclic) bond motifs is 1. The fraction of sp³-hybridized carbons (Fsp3) is 0.208. The van der Waals surface area contributed by atoms with E-state index in [1.807, 2.05) is 19.1 Å². The molecule has 1 N–H and O–H groups in total. The van der Waals surface area contributed by atoms with Crippen molar-refractivity contribution in [1.82, 2.24) is 4.31 Å². The van der Waals surface area contributed by atoms with Crippen LogP contribution < -0.4 is 0 Å². The molecule has 0 fully saturated rings. The first-order valence-electron chi connectivity index (χ1n) is 10.1. The van der Waals surface area contributed by atoms with Crippen LogP contribution in [0, 0.1) is 5.82 Å². The molecule has 1 heterocycles. The van der Waals surface area contributed by atoms with Gasteiger partial charge in [-0.15, -0.1) is 0 Å². The van der Waals surface area contributed by atoms with Crippen LogP contribution in [0.5, 0.6) is 0 Å². The number of rotatable bonds is 5. The molecule has 0 amide bonds. The number of halogens is 2. The van der Waals surface area contributed by atoms with Crippen molar-refractivity contribution in [2.24, 2.45) is 0 Å². The van der Waals surface area contributed by atoms with Crippen molar-refractivity contribution >= 4 is 27.6 Å². The number of aryl methyl sites for hydroxylation is 1. The van der Waals surface area contributed by atoms with Crippen molar-refractivity contribution in [1.29, 1.82) is 0 Å². The molecule has 3 aromatic rings. The number of aliphatic carboxylic acids is 1. The van der Waals surface area contributed by atoms with Crippen LogP contribution >= 0.6 is 11.6 Å². The molecule has 0 aliphatic carbocycles. The van der Waals surface area contributed by atoms with Crippen LogP contribution in [0.4, 0.5) is 4.39 Å². The van der Waals surface area contributed by atoms with Gasteiger partial charge >= 0.3 is 5.97 Å². The number of sulfonamides is 1. The molecule has 1 aliphatic heterocycles. The van der Waals surface area contributed by atoms with Crippen molar-refractivity contribution in [2.75, 3.05) is 6.54 Å². The van der Waals surface area contributed by atoms with Gasteiger partial charge in [-0.1, -0.05) is 48.9 Å². The van der Waals surface area contributed by atoms with E-state index in [-0.39, 0.29) is 23.4 Å². The van der Waals surface area contributed by atoms with E-state index in [0.717, 1.165) is 21.0 Å². The maximum absolute atomic E-state index is 14.7. The van der Waals surface area contributed by atoms with Gasteiger partial charge in [-0.05, 0) is 65.4 Å². The molecule has 0 aromatic heterocycles. The Kier molecular flexibility index (Phi) is 6.07. The Morgan fingerprint density at radius 2 is 1.66 bits per heavy atom. The molecule has 0 saturated heterocycles. The fourth-order valence-corrected chi connectivity index (χ4v) is 5.88. The third-order valence-corrected chi connectivity index (χ3v) is 7.93. The molecule has 1 aliphatic rings. The average Bonchev–Trinajstić information content (AvgIpc) is 2.79. The highest BCUT2D eigenvalue weighted by molar-refractivity contribution is 7.89. The SMILES string of the molecule is CCc1ccc(F)c2c1CCN(S(=O)(=O)c1ccc(-c3ccc(Cl)cc3)cc1)C2C(=O)O. The van der Waals surface area contributed by atoms with E-state index in [0.29, 0.717) is 17.0 Å². The van der Waals surface area contributed by atoms with Crippen molar-refractivity contribution in [2.45, 2.75) is 30.7 Å². The van der Waals surface area contributed by atoms with Gasteiger partial charge in [-0.25, -0.2) is 12.8 Å². The first-order chi connectivity index (χ1) is 15.2. The Morgan fingerprint density at radius 3 is 2.22 bits per heavy atom. The van der Waals surface area contributed by atoms with Gasteiger partial charge in [0.1, 0.15) is 5.82 Å². The summed E-state index contributed by atoms with van der Waals surface area (Å²) in [5, 5.41) is 10.5. The molecule has 1 atom stereocenters. The lowest BCUT2D eigenvalue weighted by Gasteiger charge is -2.35. The van der Waals surface area contributed by atoms with E-state index in [9.17, 15) is 22.7 Å². The highest BCUT2D eigenvalue weighted by Gasteiger charge is 2.42. The van der Waals surface area contributed by atoms with Gasteiger partial charge in [0.25, 0.3) is 0 Å². The Bertz CT molecular complexity index is 1270. The van der Waals surface area contributed by atoms with Crippen molar-refractivity contribution in [3.63, 3.8) is 0 Å². The molecule has 0 spiro atoms. The molecule has 5 nitrogen and oxygen atoms in total. The van der Waals surface area contributed by atoms with Gasteiger partial charge in [-0.2, -0.15) is 4.31 Å². The second-order valence-corrected chi connectivity index (χ2v) is 9.92. The first kappa shape index (κ1) is 22.5. The summed E-state index contributed by atoms with van der Waals surface area (Å²) >= 11 is 5.92. The summed E-state index contributed by atoms with van der Waals surface area (Å²) < 4.78 is 42.4. The number of hydrogen-bond donors (Lipinski definition) is 1. The molecule has 8 heteroatoms. The lowest BCUT2D eigenvalue weighted by Crippen LogP contribution is -2.44. The Hall–Kier alpha value is -2.74. The fourth-order valence-electron chi connectivity index (χ4n) is 4.20. The van der Waals surface area contributed by atoms with E-state index in [4.69, 9.17) is 11.6 Å². The summed E-state index contributed by atoms with van der Waals surface area (Å²) in [6.07, 6.45) is 0.857. The second kappa shape index (κ2) is 8.65. The molecule has 32 heavy (non-hydrogen) atoms. The van der Waals surface area contributed by atoms with Crippen LogP contribution in [0.15, 0.2) is 65.6 Å². The summed E-state index contributed by atoms with van der Waals surface area (Å²) in [5.41, 5.74) is 3.01. The van der Waals surface area contributed by atoms with Crippen LogP contribution in [0.2, 0.25) is 5.02 Å². The Morgan fingerprint density at radius 1 is 1.06 bits per heavy atom. The molecular weight excluding hydrogens is 453 g/mol. The molecule has 3 aromatic carbocycles. The smallest absolute Gasteiger partial charge is 0.326 e. The molecule has 0 bridgehead atoms. The van der Waals surface area contributed by atoms with Crippen LogP contribution in [-0.2, 0) is 27.7 Å². The minimum absolute atomic E-state index is 0.0400. The van der Waals surface area contributed by atoms with Crippen molar-refractivity contribution in [3.05, 3.63) is 88.2 Å². The molecule has 4 rings (SSSR count). The van der Waals surface area contributed by atoms with Gasteiger partial charge in [0.2, 0.25) is 10.0 Å². The maximum Gasteiger partial charge on any atom is 0.326 e. The van der Waals surface area contributed by atoms with Gasteiger partial charge in [-0.3, -0.25) is 4.79 Å². The van der Waals surface area contributed by atoms with E-state index < -0.39 is 27.9 Å². The summed E-state index contributed by atoms with van der Waals surface area (Å²) in [7, 11) is -4.18. The highest BCUT2D eigenvalue weighted by atomic mass is 35.5. The zero-order valence-corrected chi connectivity index (χ0v) is 18.8. The number of carbonyl (C=O) groups is 1. The van der Waals surface area contributed by atoms with Crippen LogP contribution in [0.3, 0.4) is 0 Å². The third-order valence-electron chi connectivity index (χ3n) is 5.80. The van der Waals surface area contributed by atoms with E-state index in [1.54, 1.807) is 30.3 Å². The summed E-state index contributed by atoms with van der Waals surface area (Å²) in [6.45, 7) is 1.86. The number of carboxylic acid groups (broad SMARTS) is 1. The normalized spacial score (nSPS) is 16.5. The zero-order chi connectivity index (χ0) is 23.0. The summed E-state index contributed by atoms with van der Waals surface area (Å²) in [6, 6.07) is 14.5. The molecule has 0 saturated carbocycles. The maximum atomic E-state index is 14.7. The van der Waals surface area contributed by atoms with E-state index in [1.165, 1.54) is 18.2 Å². The quantitative estimate of drug-likeness (QED) is 0.560. The number of nitrogens with zero attached hydrogens (tertiary/aromatic N) is 1. The Balaban J connectivity index is 1.73. The van der Waals surface area contributed by atoms with E-state index in [2.05, 4.69) is 0 Å². The number of carboxylic acids is 1. The number of hydrogen-bond acceptors (Lipinski definition) is 3. The minimum Gasteiger partial charge on any atom is -0.480 e. The lowest BCUT2D eigenvalue weighted by atomic mass is 9.89. The first-order valence-corrected chi connectivity index (χ1v) is 12.0. The minimum atomic E-state index is -4.18. The largest absolute Gasteiger partial charge is 0.480 e. The summed E-state index contributed by atoms with van der Waals surface area (Å²) in [4.78, 5) is 12.1. The standard InChI is InChI=1S/C24H21ClFNO4S/c1-2-15-7-12-21(26)22-20(15)13-14-27(23(22)24(28)29)32(30,31)19-10-5-17(6-11-19)16-3-8-18(25)9-4-16/h3-12,23H,2,13-14H2,1H3,(H,28,29). The summed E-state index contributed by atoms with van der Waals surface area (Å²) in [5.74, 6) is -2.11. The highest BCUT2D eigenvalue weighted by Crippen LogP contribution is 2.38. The third kappa shape index (κ3) is 3.92. The van der Waals surface area contributed by atoms with E-state index >= 15 is 0 Å². The van der Waals surface area contributed by atoms with Crippen LogP contribution in [-0.4, -0.2) is 30.3 Å². The predicted molar refractivity (Wildman–Crippen MR) is 121 cm³/mol. The molecular formula is C24H21ClFNO4S. The predicted octanol–water partition coefficient (Wildman–Crippen LogP) is 5.08. The molecule has 166 valence electrons. The second-order valence-electron chi connectivity index (χ2n) is 7.59.